The molecule has 1 atom stereocenters. The molecule has 3 rings (SSSR count). The maximum Gasteiger partial charge on any atom is 0.251 e. The molecule has 23 heavy (non-hydrogen) atoms. The van der Waals surface area contributed by atoms with E-state index in [-0.39, 0.29) is 18.2 Å². The van der Waals surface area contributed by atoms with Crippen molar-refractivity contribution in [3.63, 3.8) is 0 Å². The molecular formula is C18H17ClN2O2. The molecule has 0 bridgehead atoms. The Morgan fingerprint density at radius 1 is 1.04 bits per heavy atom. The number of rotatable bonds is 5. The van der Waals surface area contributed by atoms with E-state index in [0.717, 1.165) is 6.42 Å². The lowest BCUT2D eigenvalue weighted by atomic mass is 10.1. The van der Waals surface area contributed by atoms with Crippen molar-refractivity contribution in [2.24, 2.45) is 0 Å². The molecule has 118 valence electrons. The molecule has 0 aromatic heterocycles. The maximum atomic E-state index is 12.5. The maximum absolute atomic E-state index is 12.5. The normalized spacial score (nSPS) is 17.8. The minimum absolute atomic E-state index is 0.186. The highest BCUT2D eigenvalue weighted by Crippen LogP contribution is 2.24. The average Bonchev–Trinajstić information content (AvgIpc) is 2.84. The highest BCUT2D eigenvalue weighted by molar-refractivity contribution is 6.30. The van der Waals surface area contributed by atoms with E-state index in [4.69, 9.17) is 11.6 Å². The van der Waals surface area contributed by atoms with Gasteiger partial charge in [-0.15, -0.1) is 0 Å². The molecule has 1 N–H and O–H groups in total. The van der Waals surface area contributed by atoms with Gasteiger partial charge in [-0.25, -0.2) is 4.90 Å². The van der Waals surface area contributed by atoms with Crippen molar-refractivity contribution in [3.8, 4) is 0 Å². The molecule has 1 aliphatic heterocycles. The van der Waals surface area contributed by atoms with Crippen LogP contribution in [0, 0.1) is 0 Å². The van der Waals surface area contributed by atoms with Gasteiger partial charge in [-0.05, 0) is 42.8 Å². The van der Waals surface area contributed by atoms with Crippen LogP contribution in [-0.2, 0) is 16.0 Å². The molecule has 1 unspecified atom stereocenters. The predicted molar refractivity (Wildman–Crippen MR) is 90.5 cm³/mol. The number of halogens is 1. The van der Waals surface area contributed by atoms with Gasteiger partial charge in [0.1, 0.15) is 0 Å². The Balaban J connectivity index is 1.61. The predicted octanol–water partition coefficient (Wildman–Crippen LogP) is 2.80. The number of amides is 2. The molecule has 2 aromatic carbocycles. The summed E-state index contributed by atoms with van der Waals surface area (Å²) in [4.78, 5) is 25.8. The van der Waals surface area contributed by atoms with E-state index in [9.17, 15) is 9.59 Å². The first-order valence-electron chi connectivity index (χ1n) is 7.55. The summed E-state index contributed by atoms with van der Waals surface area (Å²) in [6.07, 6.45) is 1.01. The molecule has 0 spiro atoms. The molecule has 0 saturated carbocycles. The number of carbonyl (C=O) groups excluding carboxylic acids is 2. The van der Waals surface area contributed by atoms with E-state index in [1.54, 1.807) is 24.3 Å². The van der Waals surface area contributed by atoms with Crippen LogP contribution in [0.4, 0.5) is 5.69 Å². The van der Waals surface area contributed by atoms with Crippen LogP contribution in [0.15, 0.2) is 54.6 Å². The highest BCUT2D eigenvalue weighted by Gasteiger charge is 2.39. The molecule has 1 aliphatic rings. The molecule has 1 fully saturated rings. The Morgan fingerprint density at radius 2 is 1.74 bits per heavy atom. The Kier molecular flexibility index (Phi) is 4.74. The van der Waals surface area contributed by atoms with Gasteiger partial charge < -0.3 is 5.32 Å². The third kappa shape index (κ3) is 3.60. The quantitative estimate of drug-likeness (QED) is 0.859. The average molecular weight is 329 g/mol. The largest absolute Gasteiger partial charge is 0.305 e. The second kappa shape index (κ2) is 6.94. The first-order chi connectivity index (χ1) is 11.1. The number of nitrogens with one attached hydrogen (secondary N) is 1. The van der Waals surface area contributed by atoms with Gasteiger partial charge >= 0.3 is 0 Å². The molecule has 5 heteroatoms. The SMILES string of the molecule is O=C1CC(NCCc2ccccc2)C(=O)N1c1ccc(Cl)cc1. The number of anilines is 1. The summed E-state index contributed by atoms with van der Waals surface area (Å²) >= 11 is 5.85. The van der Waals surface area contributed by atoms with Gasteiger partial charge in [0.25, 0.3) is 5.91 Å². The summed E-state index contributed by atoms with van der Waals surface area (Å²) in [5.41, 5.74) is 1.77. The molecule has 1 heterocycles. The van der Waals surface area contributed by atoms with Crippen molar-refractivity contribution in [1.29, 1.82) is 0 Å². The van der Waals surface area contributed by atoms with Crippen LogP contribution in [0.2, 0.25) is 5.02 Å². The zero-order valence-electron chi connectivity index (χ0n) is 12.5. The second-order valence-corrected chi connectivity index (χ2v) is 5.93. The van der Waals surface area contributed by atoms with Gasteiger partial charge in [-0.3, -0.25) is 9.59 Å². The smallest absolute Gasteiger partial charge is 0.251 e. The standard InChI is InChI=1S/C18H17ClN2O2/c19-14-6-8-15(9-7-14)21-17(22)12-16(18(21)23)20-11-10-13-4-2-1-3-5-13/h1-9,16,20H,10-12H2. The lowest BCUT2D eigenvalue weighted by Gasteiger charge is -2.15. The summed E-state index contributed by atoms with van der Waals surface area (Å²) in [5, 5.41) is 3.76. The Morgan fingerprint density at radius 3 is 2.43 bits per heavy atom. The van der Waals surface area contributed by atoms with Gasteiger partial charge in [-0.2, -0.15) is 0 Å². The third-order valence-electron chi connectivity index (χ3n) is 3.88. The first kappa shape index (κ1) is 15.7. The van der Waals surface area contributed by atoms with Crippen molar-refractivity contribution in [1.82, 2.24) is 5.32 Å². The monoisotopic (exact) mass is 328 g/mol. The second-order valence-electron chi connectivity index (χ2n) is 5.49. The molecule has 1 saturated heterocycles. The van der Waals surface area contributed by atoms with Crippen LogP contribution in [0.3, 0.4) is 0 Å². The summed E-state index contributed by atoms with van der Waals surface area (Å²) in [6.45, 7) is 0.655. The van der Waals surface area contributed by atoms with E-state index in [2.05, 4.69) is 5.32 Å². The van der Waals surface area contributed by atoms with Crippen LogP contribution in [0.1, 0.15) is 12.0 Å². The van der Waals surface area contributed by atoms with Crippen molar-refractivity contribution in [2.45, 2.75) is 18.9 Å². The lowest BCUT2D eigenvalue weighted by Crippen LogP contribution is -2.39. The topological polar surface area (TPSA) is 49.4 Å². The van der Waals surface area contributed by atoms with Crippen molar-refractivity contribution in [3.05, 3.63) is 65.2 Å². The first-order valence-corrected chi connectivity index (χ1v) is 7.92. The Hall–Kier alpha value is -2.17. The highest BCUT2D eigenvalue weighted by atomic mass is 35.5. The van der Waals surface area contributed by atoms with Gasteiger partial charge in [0.2, 0.25) is 5.91 Å². The van der Waals surface area contributed by atoms with Crippen LogP contribution in [-0.4, -0.2) is 24.4 Å². The van der Waals surface area contributed by atoms with E-state index >= 15 is 0 Å². The van der Waals surface area contributed by atoms with E-state index < -0.39 is 6.04 Å². The minimum atomic E-state index is -0.457. The van der Waals surface area contributed by atoms with Crippen LogP contribution in [0.25, 0.3) is 0 Å². The summed E-state index contributed by atoms with van der Waals surface area (Å²) < 4.78 is 0. The molecular weight excluding hydrogens is 312 g/mol. The van der Waals surface area contributed by atoms with Gasteiger partial charge in [0.15, 0.2) is 0 Å². The third-order valence-corrected chi connectivity index (χ3v) is 4.13. The molecule has 2 aromatic rings. The van der Waals surface area contributed by atoms with E-state index in [1.165, 1.54) is 10.5 Å². The number of hydrogen-bond acceptors (Lipinski definition) is 3. The van der Waals surface area contributed by atoms with Gasteiger partial charge in [-0.1, -0.05) is 41.9 Å². The van der Waals surface area contributed by atoms with Gasteiger partial charge in [0, 0.05) is 5.02 Å². The zero-order chi connectivity index (χ0) is 16.2. The van der Waals surface area contributed by atoms with Crippen molar-refractivity contribution in [2.75, 3.05) is 11.4 Å². The van der Waals surface area contributed by atoms with Gasteiger partial charge in [0.05, 0.1) is 18.2 Å². The Labute approximate surface area is 140 Å². The van der Waals surface area contributed by atoms with Crippen LogP contribution in [0.5, 0.6) is 0 Å². The molecule has 0 radical (unpaired) electrons. The summed E-state index contributed by atoms with van der Waals surface area (Å²) in [7, 11) is 0. The zero-order valence-corrected chi connectivity index (χ0v) is 13.3. The number of imide groups is 1. The van der Waals surface area contributed by atoms with Crippen LogP contribution < -0.4 is 10.2 Å². The number of carbonyl (C=O) groups is 2. The fourth-order valence-corrected chi connectivity index (χ4v) is 2.81. The molecule has 0 aliphatic carbocycles. The fraction of sp³-hybridized carbons (Fsp3) is 0.222. The number of hydrogen-bond donors (Lipinski definition) is 1. The van der Waals surface area contributed by atoms with Crippen molar-refractivity contribution >= 4 is 29.1 Å². The van der Waals surface area contributed by atoms with Crippen molar-refractivity contribution < 1.29 is 9.59 Å². The molecule has 4 nitrogen and oxygen atoms in total. The fourth-order valence-electron chi connectivity index (χ4n) is 2.69. The van der Waals surface area contributed by atoms with E-state index in [0.29, 0.717) is 17.3 Å². The van der Waals surface area contributed by atoms with E-state index in [1.807, 2.05) is 30.3 Å². The number of nitrogens with zero attached hydrogens (tertiary/aromatic N) is 1. The lowest BCUT2D eigenvalue weighted by molar-refractivity contribution is -0.121. The minimum Gasteiger partial charge on any atom is -0.305 e. The summed E-state index contributed by atoms with van der Waals surface area (Å²) in [6, 6.07) is 16.3. The van der Waals surface area contributed by atoms with Crippen LogP contribution >= 0.6 is 11.6 Å². The number of benzene rings is 2. The molecule has 2 amide bonds. The summed E-state index contributed by atoms with van der Waals surface area (Å²) in [5.74, 6) is -0.389. The Bertz CT molecular complexity index is 701.